The van der Waals surface area contributed by atoms with Gasteiger partial charge in [0.2, 0.25) is 11.9 Å². The maximum absolute atomic E-state index is 13.0. The van der Waals surface area contributed by atoms with Crippen molar-refractivity contribution in [2.75, 3.05) is 4.72 Å². The number of nitrogens with one attached hydrogen (secondary N) is 1. The number of anilines is 1. The number of nitrogens with two attached hydrogens (primary N) is 3. The molecule has 0 spiro atoms. The molecule has 2 rings (SSSR count). The van der Waals surface area contributed by atoms with E-state index in [-0.39, 0.29) is 5.69 Å². The lowest BCUT2D eigenvalue weighted by molar-refractivity contribution is -0.137. The van der Waals surface area contributed by atoms with Crippen molar-refractivity contribution in [3.63, 3.8) is 0 Å². The Morgan fingerprint density at radius 2 is 1.82 bits per heavy atom. The number of hydrogen-bond donors (Lipinski definition) is 4. The summed E-state index contributed by atoms with van der Waals surface area (Å²) in [5.41, 5.74) is 13.2. The van der Waals surface area contributed by atoms with Gasteiger partial charge in [-0.3, -0.25) is 18.9 Å². The fourth-order valence-corrected chi connectivity index (χ4v) is 3.98. The number of rotatable bonds is 8. The van der Waals surface area contributed by atoms with Gasteiger partial charge in [-0.25, -0.2) is 8.42 Å². The molecule has 180 valence electrons. The van der Waals surface area contributed by atoms with Crippen LogP contribution in [-0.2, 0) is 25.8 Å². The molecule has 1 aromatic carbocycles. The lowest BCUT2D eigenvalue weighted by Crippen LogP contribution is -2.42. The minimum Gasteiger partial charge on any atom is -0.387 e. The van der Waals surface area contributed by atoms with Crippen molar-refractivity contribution in [3.05, 3.63) is 58.0 Å². The molecule has 0 fully saturated rings. The second kappa shape index (κ2) is 9.40. The number of aromatic nitrogens is 1. The van der Waals surface area contributed by atoms with Crippen LogP contribution < -0.4 is 27.5 Å². The monoisotopic (exact) mass is 490 g/mol. The van der Waals surface area contributed by atoms with Crippen LogP contribution in [0, 0.1) is 6.92 Å². The van der Waals surface area contributed by atoms with Gasteiger partial charge in [0.25, 0.3) is 15.6 Å². The standard InChI is InChI=1S/C18H21F3N6O5S/c1-9-6-7-13(16(29)27(9)14(15(22)28)10(2)32-25-17(23)24)26-33(30,31)12-5-3-4-11(8-12)18(19,20)21/h3-8,10,14,26H,1-2H3,(H2,22,28)(H4,23,24,25). The Labute approximate surface area is 186 Å². The molecule has 33 heavy (non-hydrogen) atoms. The van der Waals surface area contributed by atoms with Gasteiger partial charge in [0.15, 0.2) is 12.1 Å². The summed E-state index contributed by atoms with van der Waals surface area (Å²) in [7, 11) is -4.60. The highest BCUT2D eigenvalue weighted by molar-refractivity contribution is 7.92. The molecule has 15 heteroatoms. The molecule has 1 amide bonds. The lowest BCUT2D eigenvalue weighted by atomic mass is 10.1. The summed E-state index contributed by atoms with van der Waals surface area (Å²) in [4.78, 5) is 29.3. The Morgan fingerprint density at radius 3 is 2.36 bits per heavy atom. The van der Waals surface area contributed by atoms with E-state index in [1.165, 1.54) is 19.9 Å². The zero-order valence-corrected chi connectivity index (χ0v) is 18.1. The highest BCUT2D eigenvalue weighted by atomic mass is 32.2. The minimum absolute atomic E-state index is 0.200. The highest BCUT2D eigenvalue weighted by Crippen LogP contribution is 2.30. The van der Waals surface area contributed by atoms with Gasteiger partial charge in [-0.15, -0.1) is 0 Å². The Morgan fingerprint density at radius 1 is 1.18 bits per heavy atom. The van der Waals surface area contributed by atoms with Crippen LogP contribution in [0.1, 0.15) is 24.2 Å². The van der Waals surface area contributed by atoms with Crippen LogP contribution in [-0.4, -0.2) is 31.0 Å². The Balaban J connectivity index is 2.52. The molecule has 0 aliphatic heterocycles. The molecule has 11 nitrogen and oxygen atoms in total. The first-order chi connectivity index (χ1) is 15.1. The van der Waals surface area contributed by atoms with Crippen LogP contribution in [0.3, 0.4) is 0 Å². The zero-order chi connectivity index (χ0) is 25.1. The molecule has 0 saturated carbocycles. The van der Waals surface area contributed by atoms with Crippen molar-refractivity contribution < 1.29 is 31.2 Å². The summed E-state index contributed by atoms with van der Waals surface area (Å²) in [5.74, 6) is -1.48. The van der Waals surface area contributed by atoms with Gasteiger partial charge < -0.3 is 22.0 Å². The predicted molar refractivity (Wildman–Crippen MR) is 112 cm³/mol. The van der Waals surface area contributed by atoms with E-state index in [0.717, 1.165) is 22.8 Å². The van der Waals surface area contributed by atoms with Gasteiger partial charge in [-0.05, 0) is 49.3 Å². The number of halogens is 3. The largest absolute Gasteiger partial charge is 0.416 e. The third-order valence-corrected chi connectivity index (χ3v) is 5.74. The number of carbonyl (C=O) groups excluding carboxylic acids is 1. The number of pyridine rings is 1. The van der Waals surface area contributed by atoms with Crippen LogP contribution in [0.2, 0.25) is 0 Å². The molecular formula is C18H21F3N6O5S. The molecule has 0 aliphatic carbocycles. The fourth-order valence-electron chi connectivity index (χ4n) is 2.88. The molecule has 0 radical (unpaired) electrons. The van der Waals surface area contributed by atoms with Crippen LogP contribution in [0.25, 0.3) is 0 Å². The molecule has 1 aromatic heterocycles. The molecule has 7 N–H and O–H groups in total. The summed E-state index contributed by atoms with van der Waals surface area (Å²) in [6.07, 6.45) is -5.93. The molecule has 2 aromatic rings. The van der Waals surface area contributed by atoms with Crippen molar-refractivity contribution in [2.45, 2.75) is 37.1 Å². The Hall–Kier alpha value is -3.75. The Kier molecular flexibility index (Phi) is 7.26. The van der Waals surface area contributed by atoms with E-state index < -0.39 is 61.9 Å². The number of alkyl halides is 3. The fraction of sp³-hybridized carbons (Fsp3) is 0.278. The number of primary amides is 1. The van der Waals surface area contributed by atoms with Gasteiger partial charge in [-0.2, -0.15) is 13.2 Å². The second-order valence-electron chi connectivity index (χ2n) is 6.87. The summed E-state index contributed by atoms with van der Waals surface area (Å²) < 4.78 is 67.0. The molecule has 2 unspecified atom stereocenters. The predicted octanol–water partition coefficient (Wildman–Crippen LogP) is 0.596. The SMILES string of the molecule is Cc1ccc(NS(=O)(=O)c2cccc(C(F)(F)F)c2)c(=O)n1C(C(N)=O)C(C)ON=C(N)N. The topological polar surface area (TPSA) is 185 Å². The van der Waals surface area contributed by atoms with Gasteiger partial charge in [0, 0.05) is 5.69 Å². The average molecular weight is 490 g/mol. The lowest BCUT2D eigenvalue weighted by Gasteiger charge is -2.24. The molecular weight excluding hydrogens is 469 g/mol. The first kappa shape index (κ1) is 25.5. The van der Waals surface area contributed by atoms with Crippen LogP contribution in [0.4, 0.5) is 18.9 Å². The number of carbonyl (C=O) groups is 1. The van der Waals surface area contributed by atoms with Gasteiger partial charge in [0.1, 0.15) is 5.69 Å². The van der Waals surface area contributed by atoms with Crippen molar-refractivity contribution in [1.29, 1.82) is 0 Å². The molecule has 1 heterocycles. The summed E-state index contributed by atoms with van der Waals surface area (Å²) in [6.45, 7) is 2.78. The van der Waals surface area contributed by atoms with E-state index >= 15 is 0 Å². The van der Waals surface area contributed by atoms with E-state index in [2.05, 4.69) is 5.16 Å². The molecule has 0 aliphatic rings. The van der Waals surface area contributed by atoms with Crippen molar-refractivity contribution in [2.24, 2.45) is 22.4 Å². The number of aryl methyl sites for hydroxylation is 1. The normalized spacial score (nSPS) is 13.6. The average Bonchev–Trinajstić information content (AvgIpc) is 2.70. The van der Waals surface area contributed by atoms with E-state index in [9.17, 15) is 31.2 Å². The molecule has 0 bridgehead atoms. The number of amides is 1. The number of sulfonamides is 1. The van der Waals surface area contributed by atoms with Gasteiger partial charge in [0.05, 0.1) is 10.5 Å². The van der Waals surface area contributed by atoms with Crippen molar-refractivity contribution in [1.82, 2.24) is 4.57 Å². The second-order valence-corrected chi connectivity index (χ2v) is 8.55. The van der Waals surface area contributed by atoms with E-state index in [4.69, 9.17) is 22.0 Å². The number of benzene rings is 1. The Bertz CT molecular complexity index is 1240. The number of oxime groups is 1. The number of hydrogen-bond acceptors (Lipinski definition) is 6. The van der Waals surface area contributed by atoms with Gasteiger partial charge in [-0.1, -0.05) is 6.07 Å². The number of guanidine groups is 1. The smallest absolute Gasteiger partial charge is 0.387 e. The summed E-state index contributed by atoms with van der Waals surface area (Å²) in [6, 6.07) is 3.91. The minimum atomic E-state index is -4.78. The van der Waals surface area contributed by atoms with Crippen molar-refractivity contribution in [3.8, 4) is 0 Å². The third kappa shape index (κ3) is 5.94. The first-order valence-corrected chi connectivity index (χ1v) is 10.6. The molecule has 0 saturated heterocycles. The van der Waals surface area contributed by atoms with Gasteiger partial charge >= 0.3 is 6.18 Å². The van der Waals surface area contributed by atoms with Crippen LogP contribution in [0.15, 0.2) is 51.2 Å². The summed E-state index contributed by atoms with van der Waals surface area (Å²) in [5, 5.41) is 3.31. The van der Waals surface area contributed by atoms with Crippen LogP contribution in [0.5, 0.6) is 0 Å². The van der Waals surface area contributed by atoms with Crippen molar-refractivity contribution >= 4 is 27.6 Å². The highest BCUT2D eigenvalue weighted by Gasteiger charge is 2.33. The van der Waals surface area contributed by atoms with E-state index in [1.807, 2.05) is 4.72 Å². The third-order valence-electron chi connectivity index (χ3n) is 4.38. The quantitative estimate of drug-likeness (QED) is 0.237. The van der Waals surface area contributed by atoms with Crippen LogP contribution >= 0.6 is 0 Å². The number of nitrogens with zero attached hydrogens (tertiary/aromatic N) is 2. The first-order valence-electron chi connectivity index (χ1n) is 9.11. The summed E-state index contributed by atoms with van der Waals surface area (Å²) >= 11 is 0. The maximum Gasteiger partial charge on any atom is 0.416 e. The van der Waals surface area contributed by atoms with E-state index in [1.54, 1.807) is 0 Å². The zero-order valence-electron chi connectivity index (χ0n) is 17.3. The maximum atomic E-state index is 13.0. The molecule has 2 atom stereocenters. The van der Waals surface area contributed by atoms with E-state index in [0.29, 0.717) is 12.1 Å².